The summed E-state index contributed by atoms with van der Waals surface area (Å²) < 4.78 is 29.1. The van der Waals surface area contributed by atoms with E-state index >= 15 is 0 Å². The first-order chi connectivity index (χ1) is 9.35. The zero-order chi connectivity index (χ0) is 14.6. The highest BCUT2D eigenvalue weighted by Gasteiger charge is 2.62. The quantitative estimate of drug-likeness (QED) is 0.822. The summed E-state index contributed by atoms with van der Waals surface area (Å²) in [6.45, 7) is 8.17. The van der Waals surface area contributed by atoms with Gasteiger partial charge >= 0.3 is 0 Å². The van der Waals surface area contributed by atoms with Crippen LogP contribution in [0.4, 0.5) is 0 Å². The minimum Gasteiger partial charge on any atom is -0.385 e. The van der Waals surface area contributed by atoms with Gasteiger partial charge in [-0.05, 0) is 26.7 Å². The van der Waals surface area contributed by atoms with E-state index in [0.717, 1.165) is 12.8 Å². The molecular weight excluding hydrogens is 264 g/mol. The third-order valence-electron chi connectivity index (χ3n) is 4.45. The van der Waals surface area contributed by atoms with Crippen LogP contribution in [-0.4, -0.2) is 54.0 Å². The minimum atomic E-state index is -1.15. The molecule has 0 aromatic rings. The number of hydrogen-bond donors (Lipinski definition) is 1. The second-order valence-electron chi connectivity index (χ2n) is 6.21. The minimum absolute atomic E-state index is 0.193. The number of ether oxygens (including phenoxy) is 5. The summed E-state index contributed by atoms with van der Waals surface area (Å²) in [5.41, 5.74) is 0. The summed E-state index contributed by atoms with van der Waals surface area (Å²) in [7, 11) is 0. The average Bonchev–Trinajstić information content (AvgIpc) is 2.95. The Hall–Kier alpha value is -0.240. The highest BCUT2D eigenvalue weighted by molar-refractivity contribution is 5.01. The summed E-state index contributed by atoms with van der Waals surface area (Å²) in [5, 5.41) is 10.7. The standard InChI is InChI=1S/C14H24O6/c1-5-13(6-2)18-9-7-16-14(11(15)10(9)19-13)8-17-12(3,4)20-14/h9-11,15H,5-8H2,1-4H3/t9-,10-,11+,14+/m1/s1. The first kappa shape index (κ1) is 14.7. The molecule has 3 aliphatic heterocycles. The fourth-order valence-electron chi connectivity index (χ4n) is 3.20. The molecule has 1 N–H and O–H groups in total. The van der Waals surface area contributed by atoms with Gasteiger partial charge in [0.2, 0.25) is 5.79 Å². The SMILES string of the molecule is CCC1(CC)O[C@@H]2[C@@H](CO[C@]3(COC(C)(C)O3)[C@H]2O)O1. The van der Waals surface area contributed by atoms with Crippen molar-refractivity contribution in [3.05, 3.63) is 0 Å². The van der Waals surface area contributed by atoms with Crippen LogP contribution in [0.25, 0.3) is 0 Å². The van der Waals surface area contributed by atoms with Crippen molar-refractivity contribution in [3.8, 4) is 0 Å². The Morgan fingerprint density at radius 2 is 1.80 bits per heavy atom. The maximum Gasteiger partial charge on any atom is 0.224 e. The van der Waals surface area contributed by atoms with Gasteiger partial charge in [-0.15, -0.1) is 0 Å². The lowest BCUT2D eigenvalue weighted by Gasteiger charge is -2.41. The first-order valence-electron chi connectivity index (χ1n) is 7.37. The van der Waals surface area contributed by atoms with Crippen LogP contribution in [0.5, 0.6) is 0 Å². The summed E-state index contributed by atoms with van der Waals surface area (Å²) in [6, 6.07) is 0. The van der Waals surface area contributed by atoms with Crippen molar-refractivity contribution in [3.63, 3.8) is 0 Å². The predicted molar refractivity (Wildman–Crippen MR) is 68.9 cm³/mol. The third-order valence-corrected chi connectivity index (χ3v) is 4.45. The molecule has 3 saturated heterocycles. The lowest BCUT2D eigenvalue weighted by Crippen LogP contribution is -2.61. The van der Waals surface area contributed by atoms with Crippen LogP contribution in [0, 0.1) is 0 Å². The van der Waals surface area contributed by atoms with Crippen LogP contribution in [0.2, 0.25) is 0 Å². The van der Waals surface area contributed by atoms with Crippen molar-refractivity contribution in [2.24, 2.45) is 0 Å². The molecule has 6 nitrogen and oxygen atoms in total. The van der Waals surface area contributed by atoms with Gasteiger partial charge in [0.1, 0.15) is 24.9 Å². The summed E-state index contributed by atoms with van der Waals surface area (Å²) in [5.74, 6) is -2.54. The van der Waals surface area contributed by atoms with Gasteiger partial charge in [0.05, 0.1) is 6.61 Å². The van der Waals surface area contributed by atoms with Crippen LogP contribution in [-0.2, 0) is 23.7 Å². The van der Waals surface area contributed by atoms with E-state index in [1.54, 1.807) is 13.8 Å². The van der Waals surface area contributed by atoms with Gasteiger partial charge in [-0.2, -0.15) is 0 Å². The summed E-state index contributed by atoms with van der Waals surface area (Å²) >= 11 is 0. The van der Waals surface area contributed by atoms with E-state index in [2.05, 4.69) is 0 Å². The summed E-state index contributed by atoms with van der Waals surface area (Å²) in [4.78, 5) is 0. The molecule has 0 bridgehead atoms. The van der Waals surface area contributed by atoms with Gasteiger partial charge in [-0.3, -0.25) is 0 Å². The maximum atomic E-state index is 10.7. The van der Waals surface area contributed by atoms with Crippen molar-refractivity contribution >= 4 is 0 Å². The van der Waals surface area contributed by atoms with Crippen molar-refractivity contribution in [1.29, 1.82) is 0 Å². The maximum absolute atomic E-state index is 10.7. The molecule has 1 spiro atoms. The number of fused-ring (bicyclic) bond motifs is 1. The van der Waals surface area contributed by atoms with Crippen molar-refractivity contribution in [2.45, 2.75) is 76.2 Å². The van der Waals surface area contributed by atoms with E-state index in [-0.39, 0.29) is 12.7 Å². The van der Waals surface area contributed by atoms with Crippen LogP contribution >= 0.6 is 0 Å². The largest absolute Gasteiger partial charge is 0.385 e. The van der Waals surface area contributed by atoms with Crippen LogP contribution < -0.4 is 0 Å². The molecule has 20 heavy (non-hydrogen) atoms. The van der Waals surface area contributed by atoms with E-state index in [4.69, 9.17) is 23.7 Å². The van der Waals surface area contributed by atoms with Gasteiger partial charge < -0.3 is 28.8 Å². The smallest absolute Gasteiger partial charge is 0.224 e. The first-order valence-corrected chi connectivity index (χ1v) is 7.37. The van der Waals surface area contributed by atoms with E-state index in [1.807, 2.05) is 13.8 Å². The summed E-state index contributed by atoms with van der Waals surface area (Å²) in [6.07, 6.45) is -0.162. The molecule has 4 atom stereocenters. The molecule has 3 rings (SSSR count). The molecule has 0 amide bonds. The highest BCUT2D eigenvalue weighted by Crippen LogP contribution is 2.45. The van der Waals surface area contributed by atoms with Gasteiger partial charge in [0.25, 0.3) is 0 Å². The van der Waals surface area contributed by atoms with E-state index in [9.17, 15) is 5.11 Å². The Labute approximate surface area is 119 Å². The molecule has 0 aliphatic carbocycles. The fourth-order valence-corrected chi connectivity index (χ4v) is 3.20. The Balaban J connectivity index is 1.80. The van der Waals surface area contributed by atoms with Crippen molar-refractivity contribution in [1.82, 2.24) is 0 Å². The van der Waals surface area contributed by atoms with Crippen molar-refractivity contribution < 1.29 is 28.8 Å². The fraction of sp³-hybridized carbons (Fsp3) is 1.00. The molecule has 0 aromatic carbocycles. The second-order valence-corrected chi connectivity index (χ2v) is 6.21. The highest BCUT2D eigenvalue weighted by atomic mass is 16.9. The molecule has 3 heterocycles. The van der Waals surface area contributed by atoms with E-state index in [0.29, 0.717) is 6.61 Å². The average molecular weight is 288 g/mol. The number of hydrogen-bond acceptors (Lipinski definition) is 6. The van der Waals surface area contributed by atoms with Crippen LogP contribution in [0.1, 0.15) is 40.5 Å². The molecular formula is C14H24O6. The number of rotatable bonds is 2. The molecule has 116 valence electrons. The Bertz CT molecular complexity index is 380. The monoisotopic (exact) mass is 288 g/mol. The Morgan fingerprint density at radius 3 is 2.35 bits per heavy atom. The van der Waals surface area contributed by atoms with Gasteiger partial charge in [-0.1, -0.05) is 13.8 Å². The molecule has 3 aliphatic rings. The number of aliphatic hydroxyl groups excluding tert-OH is 1. The lowest BCUT2D eigenvalue weighted by molar-refractivity contribution is -0.326. The van der Waals surface area contributed by atoms with E-state index < -0.39 is 29.6 Å². The zero-order valence-electron chi connectivity index (χ0n) is 12.5. The molecule has 0 aromatic heterocycles. The number of aliphatic hydroxyl groups is 1. The second kappa shape index (κ2) is 4.63. The molecule has 0 saturated carbocycles. The Morgan fingerprint density at radius 1 is 1.10 bits per heavy atom. The predicted octanol–water partition coefficient (Wildman–Crippen LogP) is 1.16. The van der Waals surface area contributed by atoms with Gasteiger partial charge in [-0.25, -0.2) is 0 Å². The van der Waals surface area contributed by atoms with Crippen LogP contribution in [0.3, 0.4) is 0 Å². The van der Waals surface area contributed by atoms with Crippen LogP contribution in [0.15, 0.2) is 0 Å². The van der Waals surface area contributed by atoms with Crippen molar-refractivity contribution in [2.75, 3.05) is 13.2 Å². The molecule has 0 unspecified atom stereocenters. The lowest BCUT2D eigenvalue weighted by atomic mass is 9.97. The van der Waals surface area contributed by atoms with E-state index in [1.165, 1.54) is 0 Å². The molecule has 6 heteroatoms. The van der Waals surface area contributed by atoms with Gasteiger partial charge in [0.15, 0.2) is 11.6 Å². The molecule has 0 radical (unpaired) electrons. The van der Waals surface area contributed by atoms with Gasteiger partial charge in [0, 0.05) is 0 Å². The zero-order valence-corrected chi connectivity index (χ0v) is 12.5. The Kier molecular flexibility index (Phi) is 3.40. The third kappa shape index (κ3) is 2.10. The normalized spacial score (nSPS) is 45.8. The topological polar surface area (TPSA) is 66.4 Å². The molecule has 3 fully saturated rings.